The number of anilines is 1. The van der Waals surface area contributed by atoms with Crippen molar-refractivity contribution in [1.29, 1.82) is 0 Å². The summed E-state index contributed by atoms with van der Waals surface area (Å²) in [6, 6.07) is 18.4. The number of para-hydroxylation sites is 1. The van der Waals surface area contributed by atoms with Crippen LogP contribution in [0.4, 0.5) is 5.69 Å². The van der Waals surface area contributed by atoms with Gasteiger partial charge in [-0.15, -0.1) is 0 Å². The Balaban J connectivity index is 1.57. The standard InChI is InChI=1S/C29H30N2O4/c1-4-33-27(32)15-19-7-6-10-25-29(19)35-26(17-31(25)3)22-13-20-11-12-34-28(20)24(14-22)23-9-5-8-21(16-30)18(23)2/h5-14,26H,4,15-17,30H2,1-3H3. The van der Waals surface area contributed by atoms with Crippen molar-refractivity contribution >= 4 is 22.6 Å². The van der Waals surface area contributed by atoms with E-state index in [1.165, 1.54) is 0 Å². The number of carbonyl (C=O) groups excluding carboxylic acids is 1. The highest BCUT2D eigenvalue weighted by Crippen LogP contribution is 2.42. The zero-order valence-corrected chi connectivity index (χ0v) is 20.3. The molecule has 6 heteroatoms. The summed E-state index contributed by atoms with van der Waals surface area (Å²) in [7, 11) is 2.05. The van der Waals surface area contributed by atoms with E-state index in [0.29, 0.717) is 19.7 Å². The van der Waals surface area contributed by atoms with Crippen LogP contribution in [0.2, 0.25) is 0 Å². The fourth-order valence-electron chi connectivity index (χ4n) is 4.90. The lowest BCUT2D eigenvalue weighted by Crippen LogP contribution is -2.32. The maximum atomic E-state index is 12.2. The number of likely N-dealkylation sites (N-methyl/N-ethyl adjacent to an activating group) is 1. The van der Waals surface area contributed by atoms with Crippen LogP contribution in [0.3, 0.4) is 0 Å². The highest BCUT2D eigenvalue weighted by Gasteiger charge is 2.29. The summed E-state index contributed by atoms with van der Waals surface area (Å²) >= 11 is 0. The number of ether oxygens (including phenoxy) is 2. The van der Waals surface area contributed by atoms with Crippen molar-refractivity contribution in [3.05, 3.63) is 83.1 Å². The van der Waals surface area contributed by atoms with Gasteiger partial charge in [0.2, 0.25) is 0 Å². The molecule has 2 N–H and O–H groups in total. The highest BCUT2D eigenvalue weighted by molar-refractivity contribution is 5.94. The number of hydrogen-bond acceptors (Lipinski definition) is 6. The SMILES string of the molecule is CCOC(=O)Cc1cccc2c1OC(c1cc(-c3cccc(CN)c3C)c3occc3c1)CN2C. The fraction of sp³-hybridized carbons (Fsp3) is 0.276. The van der Waals surface area contributed by atoms with Crippen LogP contribution >= 0.6 is 0 Å². The normalized spacial score (nSPS) is 15.1. The minimum Gasteiger partial charge on any atom is -0.481 e. The Morgan fingerprint density at radius 1 is 1.11 bits per heavy atom. The van der Waals surface area contributed by atoms with E-state index in [1.54, 1.807) is 6.26 Å². The summed E-state index contributed by atoms with van der Waals surface area (Å²) in [5.41, 5.74) is 14.1. The van der Waals surface area contributed by atoms with Gasteiger partial charge in [0, 0.05) is 30.1 Å². The Kier molecular flexibility index (Phi) is 6.22. The van der Waals surface area contributed by atoms with Gasteiger partial charge in [0.15, 0.2) is 0 Å². The third-order valence-electron chi connectivity index (χ3n) is 6.73. The van der Waals surface area contributed by atoms with Crippen LogP contribution in [-0.4, -0.2) is 26.2 Å². The molecule has 0 fully saturated rings. The number of rotatable bonds is 6. The number of hydrogen-bond donors (Lipinski definition) is 1. The number of fused-ring (bicyclic) bond motifs is 2. The topological polar surface area (TPSA) is 77.9 Å². The minimum atomic E-state index is -0.258. The second-order valence-electron chi connectivity index (χ2n) is 8.94. The molecule has 180 valence electrons. The van der Waals surface area contributed by atoms with Crippen molar-refractivity contribution in [2.45, 2.75) is 32.9 Å². The van der Waals surface area contributed by atoms with Gasteiger partial charge in [-0.05, 0) is 60.4 Å². The molecule has 0 spiro atoms. The van der Waals surface area contributed by atoms with Gasteiger partial charge in [0.1, 0.15) is 17.4 Å². The van der Waals surface area contributed by atoms with E-state index in [0.717, 1.165) is 55.8 Å². The second-order valence-corrected chi connectivity index (χ2v) is 8.94. The summed E-state index contributed by atoms with van der Waals surface area (Å²) in [5, 5.41) is 1.02. The van der Waals surface area contributed by atoms with E-state index < -0.39 is 0 Å². The molecule has 5 rings (SSSR count). The number of furan rings is 1. The van der Waals surface area contributed by atoms with Crippen LogP contribution in [0.25, 0.3) is 22.1 Å². The molecule has 1 aromatic heterocycles. The maximum Gasteiger partial charge on any atom is 0.310 e. The zero-order valence-electron chi connectivity index (χ0n) is 20.3. The molecule has 0 amide bonds. The first-order valence-electron chi connectivity index (χ1n) is 12.0. The van der Waals surface area contributed by atoms with Crippen molar-refractivity contribution in [1.82, 2.24) is 0 Å². The molecular weight excluding hydrogens is 440 g/mol. The lowest BCUT2D eigenvalue weighted by atomic mass is 9.92. The van der Waals surface area contributed by atoms with Crippen LogP contribution in [0, 0.1) is 6.92 Å². The molecular formula is C29H30N2O4. The molecule has 2 heterocycles. The van der Waals surface area contributed by atoms with Gasteiger partial charge in [0.25, 0.3) is 0 Å². The van der Waals surface area contributed by atoms with Crippen molar-refractivity contribution in [2.75, 3.05) is 25.1 Å². The van der Waals surface area contributed by atoms with Crippen molar-refractivity contribution in [2.24, 2.45) is 5.73 Å². The van der Waals surface area contributed by atoms with Crippen molar-refractivity contribution < 1.29 is 18.7 Å². The van der Waals surface area contributed by atoms with Gasteiger partial charge in [-0.2, -0.15) is 0 Å². The summed E-state index contributed by atoms with van der Waals surface area (Å²) in [4.78, 5) is 14.4. The monoisotopic (exact) mass is 470 g/mol. The number of nitrogens with two attached hydrogens (primary N) is 1. The summed E-state index contributed by atoms with van der Waals surface area (Å²) in [6.07, 6.45) is 1.68. The van der Waals surface area contributed by atoms with Crippen molar-refractivity contribution in [3.8, 4) is 16.9 Å². The lowest BCUT2D eigenvalue weighted by Gasteiger charge is -2.35. The first-order valence-corrected chi connectivity index (χ1v) is 12.0. The van der Waals surface area contributed by atoms with E-state index in [4.69, 9.17) is 19.6 Å². The van der Waals surface area contributed by atoms with Gasteiger partial charge in [-0.3, -0.25) is 4.79 Å². The van der Waals surface area contributed by atoms with Gasteiger partial charge >= 0.3 is 5.97 Å². The van der Waals surface area contributed by atoms with Gasteiger partial charge in [-0.1, -0.05) is 30.3 Å². The van der Waals surface area contributed by atoms with Crippen molar-refractivity contribution in [3.63, 3.8) is 0 Å². The summed E-state index contributed by atoms with van der Waals surface area (Å²) < 4.78 is 17.7. The molecule has 1 aliphatic heterocycles. The molecule has 0 aliphatic carbocycles. The van der Waals surface area contributed by atoms with Crippen LogP contribution < -0.4 is 15.4 Å². The number of nitrogens with zero attached hydrogens (tertiary/aromatic N) is 1. The Morgan fingerprint density at radius 3 is 2.71 bits per heavy atom. The molecule has 1 unspecified atom stereocenters. The third-order valence-corrected chi connectivity index (χ3v) is 6.73. The number of carbonyl (C=O) groups is 1. The Hall–Kier alpha value is -3.77. The summed E-state index contributed by atoms with van der Waals surface area (Å²) in [5.74, 6) is 0.473. The molecule has 0 saturated heterocycles. The van der Waals surface area contributed by atoms with Crippen LogP contribution in [0.1, 0.15) is 35.3 Å². The van der Waals surface area contributed by atoms with E-state index >= 15 is 0 Å². The van der Waals surface area contributed by atoms with E-state index in [1.807, 2.05) is 37.3 Å². The molecule has 0 radical (unpaired) electrons. The Bertz CT molecular complexity index is 1390. The first kappa shape index (κ1) is 23.0. The molecule has 1 atom stereocenters. The summed E-state index contributed by atoms with van der Waals surface area (Å²) in [6.45, 7) is 5.43. The molecule has 35 heavy (non-hydrogen) atoms. The molecule has 1 aliphatic rings. The smallest absolute Gasteiger partial charge is 0.310 e. The predicted octanol–water partition coefficient (Wildman–Crippen LogP) is 5.54. The van der Waals surface area contributed by atoms with E-state index in [2.05, 4.69) is 43.1 Å². The number of esters is 1. The van der Waals surface area contributed by atoms with Crippen LogP contribution in [-0.2, 0) is 22.5 Å². The quantitative estimate of drug-likeness (QED) is 0.373. The lowest BCUT2D eigenvalue weighted by molar-refractivity contribution is -0.142. The third kappa shape index (κ3) is 4.26. The van der Waals surface area contributed by atoms with Gasteiger partial charge in [-0.25, -0.2) is 0 Å². The van der Waals surface area contributed by atoms with Gasteiger partial charge < -0.3 is 24.5 Å². The van der Waals surface area contributed by atoms with E-state index in [9.17, 15) is 4.79 Å². The average Bonchev–Trinajstić information content (AvgIpc) is 3.33. The molecule has 6 nitrogen and oxygen atoms in total. The maximum absolute atomic E-state index is 12.2. The molecule has 4 aromatic rings. The Labute approximate surface area is 205 Å². The largest absolute Gasteiger partial charge is 0.481 e. The predicted molar refractivity (Wildman–Crippen MR) is 138 cm³/mol. The van der Waals surface area contributed by atoms with E-state index in [-0.39, 0.29) is 18.5 Å². The first-order chi connectivity index (χ1) is 17.0. The molecule has 0 saturated carbocycles. The zero-order chi connectivity index (χ0) is 24.5. The van der Waals surface area contributed by atoms with Gasteiger partial charge in [0.05, 0.1) is 31.5 Å². The van der Waals surface area contributed by atoms with Crippen LogP contribution in [0.15, 0.2) is 65.3 Å². The minimum absolute atomic E-state index is 0.175. The average molecular weight is 471 g/mol. The van der Waals surface area contributed by atoms with Crippen LogP contribution in [0.5, 0.6) is 5.75 Å². The highest BCUT2D eigenvalue weighted by atomic mass is 16.5. The Morgan fingerprint density at radius 2 is 1.91 bits per heavy atom. The molecule has 0 bridgehead atoms. The molecule has 3 aromatic carbocycles. The number of benzene rings is 3. The fourth-order valence-corrected chi connectivity index (χ4v) is 4.90. The second kappa shape index (κ2) is 9.47.